The molecule has 0 radical (unpaired) electrons. The Morgan fingerprint density at radius 1 is 1.38 bits per heavy atom. The first-order valence-electron chi connectivity index (χ1n) is 7.38. The van der Waals surface area contributed by atoms with E-state index in [1.807, 2.05) is 37.3 Å². The molecule has 3 N–H and O–H groups in total. The monoisotopic (exact) mass is 290 g/mol. The van der Waals surface area contributed by atoms with Gasteiger partial charge in [-0.25, -0.2) is 4.79 Å². The average Bonchev–Trinajstić information content (AvgIpc) is 2.90. The van der Waals surface area contributed by atoms with Gasteiger partial charge in [0.15, 0.2) is 0 Å². The van der Waals surface area contributed by atoms with Gasteiger partial charge in [0, 0.05) is 6.04 Å². The molecule has 1 aliphatic heterocycles. The topological polar surface area (TPSA) is 78.4 Å². The minimum atomic E-state index is -0.974. The fourth-order valence-electron chi connectivity index (χ4n) is 2.71. The molecule has 0 aliphatic carbocycles. The minimum Gasteiger partial charge on any atom is -0.480 e. The van der Waals surface area contributed by atoms with Crippen molar-refractivity contribution in [2.75, 3.05) is 6.54 Å². The zero-order valence-electron chi connectivity index (χ0n) is 12.2. The van der Waals surface area contributed by atoms with E-state index in [9.17, 15) is 14.7 Å². The van der Waals surface area contributed by atoms with Crippen molar-refractivity contribution in [1.29, 1.82) is 0 Å². The standard InChI is InChI=1S/C16H22N2O3/c1-11-13(9-10-17-11)15(19)18-14(16(20)21)8-7-12-5-3-2-4-6-12/h2-6,11,13-14,17H,7-10H2,1H3,(H,18,19)(H,20,21). The minimum absolute atomic E-state index is 0.105. The number of carbonyl (C=O) groups is 2. The molecule has 114 valence electrons. The highest BCUT2D eigenvalue weighted by atomic mass is 16.4. The van der Waals surface area contributed by atoms with Crippen molar-refractivity contribution in [2.45, 2.75) is 38.3 Å². The third-order valence-electron chi connectivity index (χ3n) is 4.04. The van der Waals surface area contributed by atoms with E-state index < -0.39 is 12.0 Å². The summed E-state index contributed by atoms with van der Waals surface area (Å²) in [4.78, 5) is 23.5. The van der Waals surface area contributed by atoms with Crippen LogP contribution in [-0.4, -0.2) is 35.6 Å². The maximum absolute atomic E-state index is 12.2. The van der Waals surface area contributed by atoms with Crippen LogP contribution in [0.25, 0.3) is 0 Å². The normalized spacial score (nSPS) is 22.7. The Morgan fingerprint density at radius 2 is 2.10 bits per heavy atom. The number of hydrogen-bond donors (Lipinski definition) is 3. The number of nitrogens with one attached hydrogen (secondary N) is 2. The van der Waals surface area contributed by atoms with Crippen LogP contribution in [0.15, 0.2) is 30.3 Å². The lowest BCUT2D eigenvalue weighted by atomic mass is 9.99. The molecule has 0 bridgehead atoms. The van der Waals surface area contributed by atoms with Gasteiger partial charge < -0.3 is 15.7 Å². The molecule has 0 aromatic heterocycles. The molecular formula is C16H22N2O3. The zero-order valence-corrected chi connectivity index (χ0v) is 12.2. The first-order valence-corrected chi connectivity index (χ1v) is 7.38. The summed E-state index contributed by atoms with van der Waals surface area (Å²) in [6.45, 7) is 2.76. The van der Waals surface area contributed by atoms with Crippen molar-refractivity contribution >= 4 is 11.9 Å². The van der Waals surface area contributed by atoms with Crippen molar-refractivity contribution in [3.8, 4) is 0 Å². The van der Waals surface area contributed by atoms with E-state index in [1.54, 1.807) is 0 Å². The predicted molar refractivity (Wildman–Crippen MR) is 79.9 cm³/mol. The lowest BCUT2D eigenvalue weighted by molar-refractivity contribution is -0.142. The summed E-state index contributed by atoms with van der Waals surface area (Å²) in [6.07, 6.45) is 1.80. The van der Waals surface area contributed by atoms with Crippen LogP contribution in [-0.2, 0) is 16.0 Å². The number of aryl methyl sites for hydroxylation is 1. The van der Waals surface area contributed by atoms with Gasteiger partial charge in [-0.3, -0.25) is 4.79 Å². The first-order chi connectivity index (χ1) is 10.1. The zero-order chi connectivity index (χ0) is 15.2. The van der Waals surface area contributed by atoms with E-state index in [1.165, 1.54) is 0 Å². The van der Waals surface area contributed by atoms with E-state index in [4.69, 9.17) is 0 Å². The molecule has 5 heteroatoms. The summed E-state index contributed by atoms with van der Waals surface area (Å²) in [5.74, 6) is -1.27. The molecule has 2 rings (SSSR count). The average molecular weight is 290 g/mol. The highest BCUT2D eigenvalue weighted by Crippen LogP contribution is 2.16. The van der Waals surface area contributed by atoms with Crippen molar-refractivity contribution in [2.24, 2.45) is 5.92 Å². The Morgan fingerprint density at radius 3 is 2.67 bits per heavy atom. The number of aliphatic carboxylic acids is 1. The van der Waals surface area contributed by atoms with Crippen molar-refractivity contribution in [3.05, 3.63) is 35.9 Å². The third-order valence-corrected chi connectivity index (χ3v) is 4.04. The highest BCUT2D eigenvalue weighted by molar-refractivity contribution is 5.85. The smallest absolute Gasteiger partial charge is 0.326 e. The Bertz CT molecular complexity index is 490. The van der Waals surface area contributed by atoms with E-state index in [-0.39, 0.29) is 17.9 Å². The predicted octanol–water partition coefficient (Wildman–Crippen LogP) is 1.19. The van der Waals surface area contributed by atoms with Gasteiger partial charge in [0.05, 0.1) is 5.92 Å². The lowest BCUT2D eigenvalue weighted by Gasteiger charge is -2.19. The second-order valence-corrected chi connectivity index (χ2v) is 5.56. The molecule has 1 aromatic rings. The molecule has 21 heavy (non-hydrogen) atoms. The number of amides is 1. The maximum Gasteiger partial charge on any atom is 0.326 e. The van der Waals surface area contributed by atoms with Gasteiger partial charge in [-0.2, -0.15) is 0 Å². The summed E-state index contributed by atoms with van der Waals surface area (Å²) in [6, 6.07) is 8.98. The Hall–Kier alpha value is -1.88. The summed E-state index contributed by atoms with van der Waals surface area (Å²) in [7, 11) is 0. The molecule has 3 unspecified atom stereocenters. The van der Waals surface area contributed by atoms with Crippen LogP contribution >= 0.6 is 0 Å². The molecule has 1 aromatic carbocycles. The van der Waals surface area contributed by atoms with E-state index in [0.717, 1.165) is 18.5 Å². The maximum atomic E-state index is 12.2. The highest BCUT2D eigenvalue weighted by Gasteiger charge is 2.31. The van der Waals surface area contributed by atoms with Crippen molar-refractivity contribution in [3.63, 3.8) is 0 Å². The Balaban J connectivity index is 1.90. The second-order valence-electron chi connectivity index (χ2n) is 5.56. The molecule has 3 atom stereocenters. The van der Waals surface area contributed by atoms with E-state index >= 15 is 0 Å². The number of carboxylic acids is 1. The van der Waals surface area contributed by atoms with Crippen LogP contribution in [0.5, 0.6) is 0 Å². The molecule has 1 heterocycles. The largest absolute Gasteiger partial charge is 0.480 e. The van der Waals surface area contributed by atoms with Gasteiger partial charge >= 0.3 is 5.97 Å². The summed E-state index contributed by atoms with van der Waals surface area (Å²) < 4.78 is 0. The SMILES string of the molecule is CC1NCCC1C(=O)NC(CCc1ccccc1)C(=O)O. The number of carboxylic acid groups (broad SMARTS) is 1. The molecule has 1 fully saturated rings. The fourth-order valence-corrected chi connectivity index (χ4v) is 2.71. The van der Waals surface area contributed by atoms with Crippen LogP contribution in [0.3, 0.4) is 0 Å². The molecule has 0 spiro atoms. The summed E-state index contributed by atoms with van der Waals surface area (Å²) in [5, 5.41) is 15.2. The molecule has 1 saturated heterocycles. The van der Waals surface area contributed by atoms with Crippen LogP contribution in [0.2, 0.25) is 0 Å². The van der Waals surface area contributed by atoms with Crippen molar-refractivity contribution < 1.29 is 14.7 Å². The fraction of sp³-hybridized carbons (Fsp3) is 0.500. The molecule has 5 nitrogen and oxygen atoms in total. The van der Waals surface area contributed by atoms with Crippen LogP contribution in [0.4, 0.5) is 0 Å². The lowest BCUT2D eigenvalue weighted by Crippen LogP contribution is -2.46. The third kappa shape index (κ3) is 4.29. The van der Waals surface area contributed by atoms with Crippen LogP contribution in [0.1, 0.15) is 25.3 Å². The van der Waals surface area contributed by atoms with E-state index in [0.29, 0.717) is 12.8 Å². The van der Waals surface area contributed by atoms with Gasteiger partial charge in [-0.15, -0.1) is 0 Å². The molecule has 1 aliphatic rings. The van der Waals surface area contributed by atoms with Crippen molar-refractivity contribution in [1.82, 2.24) is 10.6 Å². The van der Waals surface area contributed by atoms with Gasteiger partial charge in [0.25, 0.3) is 0 Å². The summed E-state index contributed by atoms with van der Waals surface area (Å²) in [5.41, 5.74) is 1.08. The first kappa shape index (κ1) is 15.5. The molecule has 0 saturated carbocycles. The van der Waals surface area contributed by atoms with Crippen LogP contribution in [0, 0.1) is 5.92 Å². The van der Waals surface area contributed by atoms with Gasteiger partial charge in [-0.1, -0.05) is 30.3 Å². The Kier molecular flexibility index (Phi) is 5.33. The van der Waals surface area contributed by atoms with Gasteiger partial charge in [-0.05, 0) is 38.3 Å². The van der Waals surface area contributed by atoms with Gasteiger partial charge in [0.2, 0.25) is 5.91 Å². The number of hydrogen-bond acceptors (Lipinski definition) is 3. The quantitative estimate of drug-likeness (QED) is 0.735. The molecule has 1 amide bonds. The molecular weight excluding hydrogens is 268 g/mol. The Labute approximate surface area is 124 Å². The van der Waals surface area contributed by atoms with Crippen LogP contribution < -0.4 is 10.6 Å². The van der Waals surface area contributed by atoms with Gasteiger partial charge in [0.1, 0.15) is 6.04 Å². The number of rotatable bonds is 6. The summed E-state index contributed by atoms with van der Waals surface area (Å²) >= 11 is 0. The number of benzene rings is 1. The van der Waals surface area contributed by atoms with E-state index in [2.05, 4.69) is 10.6 Å². The second kappa shape index (κ2) is 7.22. The number of carbonyl (C=O) groups excluding carboxylic acids is 1.